The molecule has 6 nitrogen and oxygen atoms in total. The summed E-state index contributed by atoms with van der Waals surface area (Å²) < 4.78 is 32.1. The number of hydrogen-bond donors (Lipinski definition) is 0. The van der Waals surface area contributed by atoms with Crippen molar-refractivity contribution in [3.63, 3.8) is 0 Å². The van der Waals surface area contributed by atoms with E-state index >= 15 is 0 Å². The molecule has 0 unspecified atom stereocenters. The molecule has 0 bridgehead atoms. The van der Waals surface area contributed by atoms with Gasteiger partial charge in [0, 0.05) is 30.5 Å². The number of benzene rings is 2. The van der Waals surface area contributed by atoms with Crippen molar-refractivity contribution >= 4 is 16.0 Å². The monoisotopic (exact) mass is 420 g/mol. The quantitative estimate of drug-likeness (QED) is 0.560. The highest BCUT2D eigenvalue weighted by Gasteiger charge is 2.37. The maximum atomic E-state index is 13.0. The lowest BCUT2D eigenvalue weighted by atomic mass is 9.81. The van der Waals surface area contributed by atoms with E-state index in [1.54, 1.807) is 54.6 Å². The zero-order valence-corrected chi connectivity index (χ0v) is 17.2. The van der Waals surface area contributed by atoms with Crippen molar-refractivity contribution < 1.29 is 17.9 Å². The number of esters is 1. The van der Waals surface area contributed by atoms with Crippen LogP contribution in [0.15, 0.2) is 82.8 Å². The highest BCUT2D eigenvalue weighted by Crippen LogP contribution is 2.39. The Morgan fingerprint density at radius 2 is 1.80 bits per heavy atom. The Morgan fingerprint density at radius 3 is 2.43 bits per heavy atom. The third-order valence-electron chi connectivity index (χ3n) is 5.53. The molecule has 0 spiro atoms. The maximum absolute atomic E-state index is 13.0. The predicted molar refractivity (Wildman–Crippen MR) is 111 cm³/mol. The number of allylic oxidation sites excluding steroid dienone is 2. The van der Waals surface area contributed by atoms with E-state index in [0.717, 1.165) is 11.1 Å². The second-order valence-electron chi connectivity index (χ2n) is 7.28. The first-order valence-electron chi connectivity index (χ1n) is 9.50. The first-order chi connectivity index (χ1) is 14.4. The normalized spacial score (nSPS) is 21.2. The lowest BCUT2D eigenvalue weighted by molar-refractivity contribution is 0.0600. The van der Waals surface area contributed by atoms with Crippen LogP contribution in [0.1, 0.15) is 21.8 Å². The molecule has 30 heavy (non-hydrogen) atoms. The van der Waals surface area contributed by atoms with Gasteiger partial charge in [-0.1, -0.05) is 42.5 Å². The van der Waals surface area contributed by atoms with Crippen LogP contribution in [0, 0.1) is 17.2 Å². The number of nitriles is 1. The fourth-order valence-electron chi connectivity index (χ4n) is 3.93. The summed E-state index contributed by atoms with van der Waals surface area (Å²) >= 11 is 0. The predicted octanol–water partition coefficient (Wildman–Crippen LogP) is 3.27. The number of methoxy groups -OCH3 is 1. The summed E-state index contributed by atoms with van der Waals surface area (Å²) in [5, 5.41) is 9.67. The van der Waals surface area contributed by atoms with E-state index in [9.17, 15) is 18.5 Å². The van der Waals surface area contributed by atoms with Crippen molar-refractivity contribution in [1.29, 1.82) is 5.26 Å². The van der Waals surface area contributed by atoms with Crippen LogP contribution in [0.2, 0.25) is 0 Å². The molecular weight excluding hydrogens is 400 g/mol. The van der Waals surface area contributed by atoms with Gasteiger partial charge in [0.1, 0.15) is 0 Å². The molecule has 0 amide bonds. The lowest BCUT2D eigenvalue weighted by Gasteiger charge is -2.21. The molecule has 2 aromatic rings. The Hall–Kier alpha value is -3.21. The Balaban J connectivity index is 1.63. The molecular formula is C23H20N2O4S. The SMILES string of the molecule is COC(=O)c1ccc([C@@H]2C=C3CN(S(=O)(=O)c4ccccc4)C[C@H]3C=C2C#N)cc1. The molecule has 152 valence electrons. The number of ether oxygens (including phenoxy) is 1. The molecule has 1 aliphatic heterocycles. The minimum Gasteiger partial charge on any atom is -0.465 e. The summed E-state index contributed by atoms with van der Waals surface area (Å²) in [7, 11) is -2.27. The molecule has 0 aromatic heterocycles. The second-order valence-corrected chi connectivity index (χ2v) is 9.22. The van der Waals surface area contributed by atoms with Crippen LogP contribution in [0.25, 0.3) is 0 Å². The zero-order chi connectivity index (χ0) is 21.3. The molecule has 1 saturated heterocycles. The summed E-state index contributed by atoms with van der Waals surface area (Å²) in [5.74, 6) is -0.798. The summed E-state index contributed by atoms with van der Waals surface area (Å²) in [6.07, 6.45) is 3.85. The van der Waals surface area contributed by atoms with Gasteiger partial charge in [0.2, 0.25) is 10.0 Å². The molecule has 1 aliphatic carbocycles. The standard InChI is InChI=1S/C23H20N2O4S/c1-29-23(26)17-9-7-16(8-10-17)22-12-20-15-25(14-19(20)11-18(22)13-24)30(27,28)21-5-3-2-4-6-21/h2-12,19,22H,14-15H2,1H3/t19-,22+/m1/s1. The van der Waals surface area contributed by atoms with E-state index < -0.39 is 16.0 Å². The Morgan fingerprint density at radius 1 is 1.10 bits per heavy atom. The van der Waals surface area contributed by atoms with Crippen LogP contribution in [0.4, 0.5) is 0 Å². The molecule has 1 fully saturated rings. The van der Waals surface area contributed by atoms with Gasteiger partial charge in [-0.25, -0.2) is 13.2 Å². The molecule has 0 radical (unpaired) electrons. The first kappa shape index (κ1) is 20.1. The van der Waals surface area contributed by atoms with E-state index in [1.807, 2.05) is 12.2 Å². The van der Waals surface area contributed by atoms with Crippen LogP contribution in [-0.2, 0) is 14.8 Å². The molecule has 2 atom stereocenters. The van der Waals surface area contributed by atoms with Crippen LogP contribution in [-0.4, -0.2) is 38.9 Å². The van der Waals surface area contributed by atoms with Crippen LogP contribution in [0.3, 0.4) is 0 Å². The number of nitrogens with zero attached hydrogens (tertiary/aromatic N) is 2. The minimum atomic E-state index is -3.59. The highest BCUT2D eigenvalue weighted by molar-refractivity contribution is 7.89. The average Bonchev–Trinajstić information content (AvgIpc) is 3.22. The summed E-state index contributed by atoms with van der Waals surface area (Å²) in [4.78, 5) is 11.9. The Kier molecular flexibility index (Phi) is 5.29. The Labute approximate surface area is 175 Å². The minimum absolute atomic E-state index is 0.108. The first-order valence-corrected chi connectivity index (χ1v) is 10.9. The van der Waals surface area contributed by atoms with Gasteiger partial charge in [-0.05, 0) is 35.4 Å². The third-order valence-corrected chi connectivity index (χ3v) is 7.36. The maximum Gasteiger partial charge on any atom is 0.337 e. The fourth-order valence-corrected chi connectivity index (χ4v) is 5.41. The van der Waals surface area contributed by atoms with Crippen LogP contribution in [0.5, 0.6) is 0 Å². The number of carbonyl (C=O) groups is 1. The van der Waals surface area contributed by atoms with Crippen molar-refractivity contribution in [1.82, 2.24) is 4.31 Å². The summed E-state index contributed by atoms with van der Waals surface area (Å²) in [6.45, 7) is 0.621. The third kappa shape index (κ3) is 3.56. The van der Waals surface area contributed by atoms with Crippen molar-refractivity contribution in [3.8, 4) is 6.07 Å². The van der Waals surface area contributed by atoms with Gasteiger partial charge in [-0.2, -0.15) is 9.57 Å². The smallest absolute Gasteiger partial charge is 0.337 e. The molecule has 7 heteroatoms. The fraction of sp³-hybridized carbons (Fsp3) is 0.217. The van der Waals surface area contributed by atoms with Gasteiger partial charge in [0.25, 0.3) is 0 Å². The van der Waals surface area contributed by atoms with Gasteiger partial charge in [-0.15, -0.1) is 0 Å². The van der Waals surface area contributed by atoms with E-state index in [0.29, 0.717) is 24.2 Å². The summed E-state index contributed by atoms with van der Waals surface area (Å²) in [5.41, 5.74) is 2.86. The van der Waals surface area contributed by atoms with Gasteiger partial charge in [-0.3, -0.25) is 0 Å². The van der Waals surface area contributed by atoms with E-state index in [4.69, 9.17) is 4.74 Å². The molecule has 0 saturated carbocycles. The lowest BCUT2D eigenvalue weighted by Crippen LogP contribution is -2.28. The zero-order valence-electron chi connectivity index (χ0n) is 16.4. The number of rotatable bonds is 4. The number of sulfonamides is 1. The van der Waals surface area contributed by atoms with Gasteiger partial charge in [0.15, 0.2) is 0 Å². The Bertz CT molecular complexity index is 1180. The van der Waals surface area contributed by atoms with Crippen LogP contribution >= 0.6 is 0 Å². The topological polar surface area (TPSA) is 87.5 Å². The number of fused-ring (bicyclic) bond motifs is 1. The van der Waals surface area contributed by atoms with Crippen molar-refractivity contribution in [2.24, 2.45) is 5.92 Å². The largest absolute Gasteiger partial charge is 0.465 e. The molecule has 4 rings (SSSR count). The van der Waals surface area contributed by atoms with Crippen LogP contribution < -0.4 is 0 Å². The van der Waals surface area contributed by atoms with Crippen molar-refractivity contribution in [2.45, 2.75) is 10.8 Å². The van der Waals surface area contributed by atoms with Gasteiger partial charge >= 0.3 is 5.97 Å². The second kappa shape index (κ2) is 7.90. The molecule has 0 N–H and O–H groups in total. The van der Waals surface area contributed by atoms with Crippen molar-refractivity contribution in [3.05, 3.63) is 89.0 Å². The average molecular weight is 420 g/mol. The number of carbonyl (C=O) groups excluding carboxylic acids is 1. The van der Waals surface area contributed by atoms with E-state index in [2.05, 4.69) is 6.07 Å². The molecule has 2 aromatic carbocycles. The molecule has 1 heterocycles. The van der Waals surface area contributed by atoms with E-state index in [-0.39, 0.29) is 16.7 Å². The number of hydrogen-bond acceptors (Lipinski definition) is 5. The van der Waals surface area contributed by atoms with Crippen molar-refractivity contribution in [2.75, 3.05) is 20.2 Å². The summed E-state index contributed by atoms with van der Waals surface area (Å²) in [6, 6.07) is 17.6. The van der Waals surface area contributed by atoms with E-state index in [1.165, 1.54) is 11.4 Å². The van der Waals surface area contributed by atoms with Gasteiger partial charge in [0.05, 0.1) is 23.6 Å². The van der Waals surface area contributed by atoms with Gasteiger partial charge < -0.3 is 4.74 Å². The molecule has 2 aliphatic rings. The highest BCUT2D eigenvalue weighted by atomic mass is 32.2.